The first-order valence-electron chi connectivity index (χ1n) is 8.06. The van der Waals surface area contributed by atoms with Gasteiger partial charge in [-0.25, -0.2) is 0 Å². The first-order chi connectivity index (χ1) is 12.1. The van der Waals surface area contributed by atoms with E-state index < -0.39 is 0 Å². The van der Waals surface area contributed by atoms with Gasteiger partial charge < -0.3 is 18.7 Å². The molecule has 0 radical (unpaired) electrons. The van der Waals surface area contributed by atoms with Crippen molar-refractivity contribution in [1.29, 1.82) is 0 Å². The van der Waals surface area contributed by atoms with E-state index in [1.807, 2.05) is 43.3 Å². The molecule has 2 aromatic heterocycles. The number of likely N-dealkylation sites (tertiary alicyclic amines) is 1. The van der Waals surface area contributed by atoms with Crippen LogP contribution in [0.4, 0.5) is 5.69 Å². The number of furan rings is 1. The fourth-order valence-electron chi connectivity index (χ4n) is 2.79. The Morgan fingerprint density at radius 3 is 2.60 bits per heavy atom. The minimum absolute atomic E-state index is 0.0207. The van der Waals surface area contributed by atoms with E-state index in [-0.39, 0.29) is 11.8 Å². The first-order valence-corrected chi connectivity index (χ1v) is 8.06. The second-order valence-electron chi connectivity index (χ2n) is 6.28. The molecule has 1 fully saturated rings. The molecule has 7 nitrogen and oxygen atoms in total. The van der Waals surface area contributed by atoms with Crippen molar-refractivity contribution < 1.29 is 13.7 Å². The zero-order valence-corrected chi connectivity index (χ0v) is 14.0. The molecule has 0 aliphatic carbocycles. The van der Waals surface area contributed by atoms with E-state index in [0.29, 0.717) is 36.1 Å². The Labute approximate surface area is 144 Å². The zero-order valence-electron chi connectivity index (χ0n) is 14.0. The highest BCUT2D eigenvalue weighted by Crippen LogP contribution is 2.29. The van der Waals surface area contributed by atoms with Crippen LogP contribution >= 0.6 is 0 Å². The normalized spacial score (nSPS) is 14.4. The second-order valence-corrected chi connectivity index (χ2v) is 6.28. The molecule has 1 saturated heterocycles. The van der Waals surface area contributed by atoms with Gasteiger partial charge in [-0.2, -0.15) is 4.98 Å². The second kappa shape index (κ2) is 6.08. The number of benzene rings is 1. The number of aromatic nitrogens is 2. The van der Waals surface area contributed by atoms with E-state index >= 15 is 0 Å². The molecule has 0 unspecified atom stereocenters. The average molecular weight is 338 g/mol. The summed E-state index contributed by atoms with van der Waals surface area (Å²) in [5.74, 6) is 1.64. The molecule has 0 spiro atoms. The number of anilines is 1. The maximum Gasteiger partial charge on any atom is 0.253 e. The monoisotopic (exact) mass is 338 g/mol. The molecule has 1 aliphatic rings. The molecule has 25 heavy (non-hydrogen) atoms. The molecule has 0 bridgehead atoms. The number of hydrogen-bond acceptors (Lipinski definition) is 6. The van der Waals surface area contributed by atoms with Crippen LogP contribution in [-0.2, 0) is 0 Å². The molecule has 1 aliphatic heterocycles. The molecular weight excluding hydrogens is 320 g/mol. The maximum absolute atomic E-state index is 12.5. The van der Waals surface area contributed by atoms with Crippen molar-refractivity contribution in [3.8, 4) is 11.6 Å². The van der Waals surface area contributed by atoms with E-state index in [4.69, 9.17) is 8.94 Å². The van der Waals surface area contributed by atoms with Gasteiger partial charge in [0, 0.05) is 38.4 Å². The van der Waals surface area contributed by atoms with Crippen molar-refractivity contribution in [2.45, 2.75) is 5.92 Å². The lowest BCUT2D eigenvalue weighted by Gasteiger charge is -2.37. The maximum atomic E-state index is 12.5. The van der Waals surface area contributed by atoms with Crippen molar-refractivity contribution in [3.63, 3.8) is 0 Å². The Balaban J connectivity index is 1.39. The number of carbonyl (C=O) groups is 1. The van der Waals surface area contributed by atoms with E-state index in [1.54, 1.807) is 23.3 Å². The van der Waals surface area contributed by atoms with Gasteiger partial charge in [0.1, 0.15) is 0 Å². The fourth-order valence-corrected chi connectivity index (χ4v) is 2.79. The number of rotatable bonds is 4. The highest BCUT2D eigenvalue weighted by molar-refractivity contribution is 5.95. The van der Waals surface area contributed by atoms with Crippen LogP contribution in [0.2, 0.25) is 0 Å². The lowest BCUT2D eigenvalue weighted by atomic mass is 9.98. The van der Waals surface area contributed by atoms with E-state index in [2.05, 4.69) is 10.1 Å². The van der Waals surface area contributed by atoms with Crippen LogP contribution in [0.25, 0.3) is 11.6 Å². The summed E-state index contributed by atoms with van der Waals surface area (Å²) in [4.78, 5) is 20.6. The lowest BCUT2D eigenvalue weighted by molar-refractivity contribution is 0.0569. The van der Waals surface area contributed by atoms with Crippen molar-refractivity contribution in [1.82, 2.24) is 15.0 Å². The van der Waals surface area contributed by atoms with Crippen molar-refractivity contribution in [2.75, 3.05) is 32.1 Å². The first kappa shape index (κ1) is 15.4. The van der Waals surface area contributed by atoms with Crippen LogP contribution in [0, 0.1) is 0 Å². The third-order valence-electron chi connectivity index (χ3n) is 4.33. The van der Waals surface area contributed by atoms with Crippen LogP contribution < -0.4 is 4.90 Å². The van der Waals surface area contributed by atoms with Crippen molar-refractivity contribution in [2.24, 2.45) is 0 Å². The molecule has 4 rings (SSSR count). The van der Waals surface area contributed by atoms with Gasteiger partial charge in [-0.1, -0.05) is 5.16 Å². The standard InChI is InChI=1S/C18H18N4O3/c1-21(2)14-7-5-12(6-8-14)18(23)22-10-13(11-22)17-19-16(20-25-17)15-4-3-9-24-15/h3-9,13H,10-11H2,1-2H3. The van der Waals surface area contributed by atoms with Gasteiger partial charge in [0.2, 0.25) is 11.7 Å². The van der Waals surface area contributed by atoms with Crippen LogP contribution in [-0.4, -0.2) is 48.1 Å². The molecule has 0 saturated carbocycles. The van der Waals surface area contributed by atoms with Crippen LogP contribution in [0.3, 0.4) is 0 Å². The summed E-state index contributed by atoms with van der Waals surface area (Å²) in [6.07, 6.45) is 1.57. The highest BCUT2D eigenvalue weighted by atomic mass is 16.5. The molecule has 0 atom stereocenters. The Morgan fingerprint density at radius 1 is 1.20 bits per heavy atom. The van der Waals surface area contributed by atoms with Gasteiger partial charge in [-0.3, -0.25) is 4.79 Å². The summed E-state index contributed by atoms with van der Waals surface area (Å²) in [7, 11) is 3.94. The predicted octanol–water partition coefficient (Wildman–Crippen LogP) is 2.64. The molecule has 1 aromatic carbocycles. The molecule has 3 heterocycles. The SMILES string of the molecule is CN(C)c1ccc(C(=O)N2CC(c3nc(-c4ccco4)no3)C2)cc1. The number of carbonyl (C=O) groups excluding carboxylic acids is 1. The van der Waals surface area contributed by atoms with E-state index in [1.165, 1.54) is 0 Å². The summed E-state index contributed by atoms with van der Waals surface area (Å²) in [6.45, 7) is 1.15. The predicted molar refractivity (Wildman–Crippen MR) is 91.4 cm³/mol. The third-order valence-corrected chi connectivity index (χ3v) is 4.33. The Morgan fingerprint density at radius 2 is 1.96 bits per heavy atom. The van der Waals surface area contributed by atoms with Crippen molar-refractivity contribution in [3.05, 3.63) is 54.1 Å². The zero-order chi connectivity index (χ0) is 17.4. The molecule has 1 amide bonds. The average Bonchev–Trinajstić information content (AvgIpc) is 3.25. The van der Waals surface area contributed by atoms with E-state index in [9.17, 15) is 4.79 Å². The summed E-state index contributed by atoms with van der Waals surface area (Å²) >= 11 is 0. The summed E-state index contributed by atoms with van der Waals surface area (Å²) in [6, 6.07) is 11.1. The number of nitrogens with zero attached hydrogens (tertiary/aromatic N) is 4. The lowest BCUT2D eigenvalue weighted by Crippen LogP contribution is -2.48. The van der Waals surface area contributed by atoms with Gasteiger partial charge in [0.05, 0.1) is 12.2 Å². The van der Waals surface area contributed by atoms with Gasteiger partial charge in [0.25, 0.3) is 5.91 Å². The molecule has 128 valence electrons. The Hall–Kier alpha value is -3.09. The van der Waals surface area contributed by atoms with Crippen molar-refractivity contribution >= 4 is 11.6 Å². The summed E-state index contributed by atoms with van der Waals surface area (Å²) in [5, 5.41) is 3.93. The van der Waals surface area contributed by atoms with Crippen LogP contribution in [0.5, 0.6) is 0 Å². The number of amides is 1. The molecule has 0 N–H and O–H groups in total. The smallest absolute Gasteiger partial charge is 0.253 e. The Bertz CT molecular complexity index is 862. The minimum atomic E-state index is 0.0207. The number of hydrogen-bond donors (Lipinski definition) is 0. The van der Waals surface area contributed by atoms with Gasteiger partial charge in [-0.15, -0.1) is 0 Å². The Kier molecular flexibility index (Phi) is 3.76. The molecule has 7 heteroatoms. The quantitative estimate of drug-likeness (QED) is 0.728. The van der Waals surface area contributed by atoms with Gasteiger partial charge >= 0.3 is 0 Å². The van der Waals surface area contributed by atoms with Crippen LogP contribution in [0.1, 0.15) is 22.2 Å². The largest absolute Gasteiger partial charge is 0.461 e. The van der Waals surface area contributed by atoms with Gasteiger partial charge in [-0.05, 0) is 36.4 Å². The summed E-state index contributed by atoms with van der Waals surface area (Å²) < 4.78 is 10.6. The van der Waals surface area contributed by atoms with Crippen LogP contribution in [0.15, 0.2) is 51.6 Å². The minimum Gasteiger partial charge on any atom is -0.461 e. The molecular formula is C18H18N4O3. The highest BCUT2D eigenvalue weighted by Gasteiger charge is 2.36. The molecule has 3 aromatic rings. The third kappa shape index (κ3) is 2.88. The van der Waals surface area contributed by atoms with E-state index in [0.717, 1.165) is 5.69 Å². The summed E-state index contributed by atoms with van der Waals surface area (Å²) in [5.41, 5.74) is 1.75. The fraction of sp³-hybridized carbons (Fsp3) is 0.278. The van der Waals surface area contributed by atoms with Gasteiger partial charge in [0.15, 0.2) is 5.76 Å². The topological polar surface area (TPSA) is 75.6 Å².